The minimum Gasteiger partial charge on any atom is -0.496 e. The van der Waals surface area contributed by atoms with E-state index < -0.39 is 5.82 Å². The normalized spacial score (nSPS) is 19.3. The largest absolute Gasteiger partial charge is 0.496 e. The second kappa shape index (κ2) is 4.04. The molecule has 1 aromatic carbocycles. The lowest BCUT2D eigenvalue weighted by molar-refractivity contribution is 0.0860. The number of fused-ring (bicyclic) bond motifs is 1. The Bertz CT molecular complexity index is 370. The predicted molar refractivity (Wildman–Crippen MR) is 50.9 cm³/mol. The van der Waals surface area contributed by atoms with Crippen LogP contribution in [0.2, 0.25) is 0 Å². The molecule has 0 radical (unpaired) electrons. The van der Waals surface area contributed by atoms with Crippen LogP contribution in [0.5, 0.6) is 11.5 Å². The van der Waals surface area contributed by atoms with Crippen LogP contribution in [0, 0.1) is 5.82 Å². The number of methoxy groups -OCH3 is 1. The van der Waals surface area contributed by atoms with Gasteiger partial charge in [0.1, 0.15) is 12.4 Å². The van der Waals surface area contributed by atoms with Gasteiger partial charge < -0.3 is 14.7 Å². The zero-order valence-electron chi connectivity index (χ0n) is 8.29. The Balaban J connectivity index is 2.41. The van der Waals surface area contributed by atoms with Crippen LogP contribution < -0.4 is 15.0 Å². The molecule has 0 saturated heterocycles. The van der Waals surface area contributed by atoms with Gasteiger partial charge in [-0.15, -0.1) is 0 Å². The van der Waals surface area contributed by atoms with E-state index in [0.717, 1.165) is 0 Å². The lowest BCUT2D eigenvalue weighted by Crippen LogP contribution is -2.37. The summed E-state index contributed by atoms with van der Waals surface area (Å²) in [5.41, 5.74) is 2.76. The Morgan fingerprint density at radius 3 is 3.07 bits per heavy atom. The number of nitrogens with one attached hydrogen (secondary N) is 1. The van der Waals surface area contributed by atoms with Crippen LogP contribution in [-0.4, -0.2) is 25.0 Å². The molecular weight excluding hydrogens is 201 g/mol. The molecule has 0 aromatic heterocycles. The first-order valence-corrected chi connectivity index (χ1v) is 4.64. The molecule has 2 rings (SSSR count). The van der Waals surface area contributed by atoms with Gasteiger partial charge in [-0.2, -0.15) is 5.48 Å². The van der Waals surface area contributed by atoms with Crippen molar-refractivity contribution in [1.82, 2.24) is 5.48 Å². The molecule has 1 aromatic rings. The van der Waals surface area contributed by atoms with Crippen LogP contribution in [-0.2, 0) is 6.42 Å². The van der Waals surface area contributed by atoms with E-state index in [4.69, 9.17) is 14.7 Å². The molecule has 0 bridgehead atoms. The van der Waals surface area contributed by atoms with E-state index in [1.165, 1.54) is 13.2 Å². The highest BCUT2D eigenvalue weighted by Gasteiger charge is 2.25. The van der Waals surface area contributed by atoms with Gasteiger partial charge in [-0.3, -0.25) is 0 Å². The van der Waals surface area contributed by atoms with E-state index in [0.29, 0.717) is 17.7 Å². The topological polar surface area (TPSA) is 50.7 Å². The molecule has 0 amide bonds. The van der Waals surface area contributed by atoms with E-state index in [2.05, 4.69) is 5.48 Å². The summed E-state index contributed by atoms with van der Waals surface area (Å²) >= 11 is 0. The summed E-state index contributed by atoms with van der Waals surface area (Å²) < 4.78 is 23.7. The second-order valence-corrected chi connectivity index (χ2v) is 3.40. The van der Waals surface area contributed by atoms with Gasteiger partial charge in [0.2, 0.25) is 0 Å². The van der Waals surface area contributed by atoms with Crippen molar-refractivity contribution in [3.63, 3.8) is 0 Å². The first kappa shape index (κ1) is 10.2. The fourth-order valence-electron chi connectivity index (χ4n) is 1.69. The maximum atomic E-state index is 13.4. The number of rotatable bonds is 2. The predicted octanol–water partition coefficient (Wildman–Crippen LogP) is 1.12. The molecule has 1 atom stereocenters. The third-order valence-corrected chi connectivity index (χ3v) is 2.45. The standard InChI is InChI=1S/C10H12FNO3/c1-14-9-3-2-8(11)10-7(9)4-6(12-13)5-15-10/h2-3,6,12-13H,4-5H2,1H3/t6-/m1/s1. The van der Waals surface area contributed by atoms with Crippen LogP contribution in [0.1, 0.15) is 5.56 Å². The Labute approximate surface area is 86.6 Å². The molecule has 1 aliphatic rings. The van der Waals surface area contributed by atoms with Crippen LogP contribution in [0.4, 0.5) is 4.39 Å². The van der Waals surface area contributed by atoms with Crippen molar-refractivity contribution in [2.45, 2.75) is 12.5 Å². The first-order chi connectivity index (χ1) is 7.26. The van der Waals surface area contributed by atoms with Crippen molar-refractivity contribution in [3.05, 3.63) is 23.5 Å². The molecule has 15 heavy (non-hydrogen) atoms. The quantitative estimate of drug-likeness (QED) is 0.723. The van der Waals surface area contributed by atoms with Crippen LogP contribution in [0.15, 0.2) is 12.1 Å². The molecule has 0 aliphatic carbocycles. The lowest BCUT2D eigenvalue weighted by atomic mass is 10.0. The number of halogens is 1. The van der Waals surface area contributed by atoms with Gasteiger partial charge in [-0.25, -0.2) is 4.39 Å². The van der Waals surface area contributed by atoms with Gasteiger partial charge in [0, 0.05) is 12.0 Å². The third-order valence-electron chi connectivity index (χ3n) is 2.45. The highest BCUT2D eigenvalue weighted by atomic mass is 19.1. The SMILES string of the molecule is COc1ccc(F)c2c1C[C@@H](NO)CO2. The van der Waals surface area contributed by atoms with Crippen molar-refractivity contribution in [2.75, 3.05) is 13.7 Å². The molecule has 2 N–H and O–H groups in total. The van der Waals surface area contributed by atoms with E-state index >= 15 is 0 Å². The minimum atomic E-state index is -0.401. The van der Waals surface area contributed by atoms with Gasteiger partial charge >= 0.3 is 0 Å². The molecule has 4 nitrogen and oxygen atoms in total. The highest BCUT2D eigenvalue weighted by molar-refractivity contribution is 5.47. The summed E-state index contributed by atoms with van der Waals surface area (Å²) in [5.74, 6) is 0.398. The van der Waals surface area contributed by atoms with Gasteiger partial charge in [-0.05, 0) is 12.1 Å². The lowest BCUT2D eigenvalue weighted by Gasteiger charge is -2.25. The van der Waals surface area contributed by atoms with E-state index in [9.17, 15) is 4.39 Å². The minimum absolute atomic E-state index is 0.223. The monoisotopic (exact) mass is 213 g/mol. The molecule has 1 heterocycles. The van der Waals surface area contributed by atoms with Crippen LogP contribution in [0.25, 0.3) is 0 Å². The first-order valence-electron chi connectivity index (χ1n) is 4.64. The molecule has 82 valence electrons. The number of hydrogen-bond donors (Lipinski definition) is 2. The van der Waals surface area contributed by atoms with Gasteiger partial charge in [0.15, 0.2) is 11.6 Å². The van der Waals surface area contributed by atoms with E-state index in [1.54, 1.807) is 6.07 Å². The van der Waals surface area contributed by atoms with Gasteiger partial charge in [0.25, 0.3) is 0 Å². The number of hydrogen-bond acceptors (Lipinski definition) is 4. The number of benzene rings is 1. The maximum absolute atomic E-state index is 13.4. The Morgan fingerprint density at radius 2 is 2.40 bits per heavy atom. The maximum Gasteiger partial charge on any atom is 0.165 e. The summed E-state index contributed by atoms with van der Waals surface area (Å²) in [6, 6.07) is 2.63. The fraction of sp³-hybridized carbons (Fsp3) is 0.400. The average molecular weight is 213 g/mol. The highest BCUT2D eigenvalue weighted by Crippen LogP contribution is 2.34. The van der Waals surface area contributed by atoms with Crippen molar-refractivity contribution in [3.8, 4) is 11.5 Å². The van der Waals surface area contributed by atoms with Crippen molar-refractivity contribution in [2.24, 2.45) is 0 Å². The number of hydroxylamine groups is 1. The fourth-order valence-corrected chi connectivity index (χ4v) is 1.69. The summed E-state index contributed by atoms with van der Waals surface area (Å²) in [4.78, 5) is 0. The molecular formula is C10H12FNO3. The molecule has 0 fully saturated rings. The Kier molecular flexibility index (Phi) is 2.75. The molecule has 0 spiro atoms. The van der Waals surface area contributed by atoms with Gasteiger partial charge in [0.05, 0.1) is 13.2 Å². The van der Waals surface area contributed by atoms with Crippen LogP contribution in [0.3, 0.4) is 0 Å². The average Bonchev–Trinajstić information content (AvgIpc) is 2.29. The summed E-state index contributed by atoms with van der Waals surface area (Å²) in [6.45, 7) is 0.244. The van der Waals surface area contributed by atoms with E-state index in [1.807, 2.05) is 0 Å². The Morgan fingerprint density at radius 1 is 1.60 bits per heavy atom. The van der Waals surface area contributed by atoms with Crippen molar-refractivity contribution < 1.29 is 19.1 Å². The smallest absolute Gasteiger partial charge is 0.165 e. The number of ether oxygens (including phenoxy) is 2. The summed E-state index contributed by atoms with van der Waals surface area (Å²) in [5, 5.41) is 8.78. The van der Waals surface area contributed by atoms with Crippen molar-refractivity contribution >= 4 is 0 Å². The summed E-state index contributed by atoms with van der Waals surface area (Å²) in [6.07, 6.45) is 0.479. The second-order valence-electron chi connectivity index (χ2n) is 3.40. The Hall–Kier alpha value is -1.33. The summed E-state index contributed by atoms with van der Waals surface area (Å²) in [7, 11) is 1.52. The zero-order chi connectivity index (χ0) is 10.8. The molecule has 1 aliphatic heterocycles. The molecule has 5 heteroatoms. The third kappa shape index (κ3) is 1.75. The van der Waals surface area contributed by atoms with Crippen LogP contribution >= 0.6 is 0 Å². The zero-order valence-corrected chi connectivity index (χ0v) is 8.29. The van der Waals surface area contributed by atoms with Crippen molar-refractivity contribution in [1.29, 1.82) is 0 Å². The van der Waals surface area contributed by atoms with E-state index in [-0.39, 0.29) is 18.4 Å². The molecule has 0 unspecified atom stereocenters. The molecule has 0 saturated carbocycles. The van der Waals surface area contributed by atoms with Gasteiger partial charge in [-0.1, -0.05) is 0 Å².